The van der Waals surface area contributed by atoms with Crippen molar-refractivity contribution in [2.75, 3.05) is 0 Å². The van der Waals surface area contributed by atoms with E-state index < -0.39 is 0 Å². The van der Waals surface area contributed by atoms with Gasteiger partial charge in [0, 0.05) is 17.8 Å². The molecule has 2 heterocycles. The molecule has 0 spiro atoms. The maximum Gasteiger partial charge on any atom is 0.242 e. The van der Waals surface area contributed by atoms with Crippen LogP contribution >= 0.6 is 0 Å². The normalized spacial score (nSPS) is 12.2. The van der Waals surface area contributed by atoms with Gasteiger partial charge >= 0.3 is 0 Å². The highest BCUT2D eigenvalue weighted by Gasteiger charge is 2.12. The van der Waals surface area contributed by atoms with E-state index in [1.165, 1.54) is 0 Å². The fourth-order valence-corrected chi connectivity index (χ4v) is 3.02. The fraction of sp³-hybridized carbons (Fsp3) is 0.150. The number of nitrogens with zero attached hydrogens (tertiary/aromatic N) is 4. The molecule has 0 saturated carbocycles. The van der Waals surface area contributed by atoms with Crippen molar-refractivity contribution in [1.29, 1.82) is 0 Å². The van der Waals surface area contributed by atoms with Gasteiger partial charge in [0.2, 0.25) is 5.91 Å². The quantitative estimate of drug-likeness (QED) is 0.604. The summed E-state index contributed by atoms with van der Waals surface area (Å²) in [6.45, 7) is 2.16. The predicted molar refractivity (Wildman–Crippen MR) is 99.9 cm³/mol. The number of carbonyl (C=O) groups excluding carboxylic acids is 1. The molecule has 0 aliphatic heterocycles. The number of benzene rings is 2. The number of nitrogens with one attached hydrogen (secondary N) is 1. The van der Waals surface area contributed by atoms with Gasteiger partial charge in [-0.25, -0.2) is 4.68 Å². The Labute approximate surface area is 151 Å². The van der Waals surface area contributed by atoms with Crippen LogP contribution in [0.2, 0.25) is 0 Å². The van der Waals surface area contributed by atoms with Gasteiger partial charge in [-0.2, -0.15) is 10.2 Å². The molecule has 130 valence electrons. The monoisotopic (exact) mass is 345 g/mol. The van der Waals surface area contributed by atoms with E-state index in [0.717, 1.165) is 22.2 Å². The summed E-state index contributed by atoms with van der Waals surface area (Å²) >= 11 is 0. The molecule has 1 N–H and O–H groups in total. The molecule has 4 rings (SSSR count). The minimum absolute atomic E-state index is 0.0733. The minimum Gasteiger partial charge on any atom is -0.348 e. The van der Waals surface area contributed by atoms with Crippen molar-refractivity contribution in [3.05, 3.63) is 78.8 Å². The maximum atomic E-state index is 12.5. The van der Waals surface area contributed by atoms with Crippen LogP contribution in [0, 0.1) is 0 Å². The van der Waals surface area contributed by atoms with Crippen LogP contribution in [0.1, 0.15) is 18.5 Å². The standard InChI is InChI=1S/C20H19N5O/c1-15(16-7-4-8-18(12-16)24-11-5-10-21-24)23-20(26)14-25-19-9-3-2-6-17(19)13-22-25/h2-13,15H,14H2,1H3,(H,23,26). The molecule has 6 heteroatoms. The van der Waals surface area contributed by atoms with Gasteiger partial charge in [-0.05, 0) is 36.8 Å². The number of aromatic nitrogens is 4. The second-order valence-electron chi connectivity index (χ2n) is 6.20. The van der Waals surface area contributed by atoms with Gasteiger partial charge in [0.05, 0.1) is 23.4 Å². The number of fused-ring (bicyclic) bond motifs is 1. The Morgan fingerprint density at radius 2 is 2.00 bits per heavy atom. The summed E-state index contributed by atoms with van der Waals surface area (Å²) in [5.41, 5.74) is 2.94. The van der Waals surface area contributed by atoms with Gasteiger partial charge in [-0.15, -0.1) is 0 Å². The molecule has 2 aromatic heterocycles. The van der Waals surface area contributed by atoms with E-state index in [0.29, 0.717) is 0 Å². The lowest BCUT2D eigenvalue weighted by Gasteiger charge is -2.15. The Morgan fingerprint density at radius 1 is 1.12 bits per heavy atom. The Hall–Kier alpha value is -3.41. The second-order valence-corrected chi connectivity index (χ2v) is 6.20. The van der Waals surface area contributed by atoms with Gasteiger partial charge in [0.25, 0.3) is 0 Å². The molecule has 4 aromatic rings. The van der Waals surface area contributed by atoms with Gasteiger partial charge in [-0.1, -0.05) is 30.3 Å². The molecular formula is C20H19N5O. The fourth-order valence-electron chi connectivity index (χ4n) is 3.02. The van der Waals surface area contributed by atoms with Gasteiger partial charge in [0.15, 0.2) is 0 Å². The first-order valence-corrected chi connectivity index (χ1v) is 8.50. The Balaban J connectivity index is 1.47. The van der Waals surface area contributed by atoms with Crippen LogP contribution in [-0.4, -0.2) is 25.5 Å². The van der Waals surface area contributed by atoms with Crippen LogP contribution in [0.25, 0.3) is 16.6 Å². The Morgan fingerprint density at radius 3 is 2.85 bits per heavy atom. The zero-order valence-corrected chi connectivity index (χ0v) is 14.4. The summed E-state index contributed by atoms with van der Waals surface area (Å²) in [4.78, 5) is 12.5. The van der Waals surface area contributed by atoms with Crippen molar-refractivity contribution < 1.29 is 4.79 Å². The van der Waals surface area contributed by atoms with Crippen LogP contribution < -0.4 is 5.32 Å². The van der Waals surface area contributed by atoms with Gasteiger partial charge in [-0.3, -0.25) is 9.48 Å². The number of para-hydroxylation sites is 1. The highest BCUT2D eigenvalue weighted by atomic mass is 16.2. The van der Waals surface area contributed by atoms with E-state index in [1.807, 2.05) is 67.7 Å². The first-order chi connectivity index (χ1) is 12.7. The summed E-state index contributed by atoms with van der Waals surface area (Å²) in [7, 11) is 0. The molecule has 1 amide bonds. The number of rotatable bonds is 5. The third-order valence-corrected chi connectivity index (χ3v) is 4.36. The first-order valence-electron chi connectivity index (χ1n) is 8.50. The number of hydrogen-bond donors (Lipinski definition) is 1. The number of amides is 1. The predicted octanol–water partition coefficient (Wildman–Crippen LogP) is 3.10. The smallest absolute Gasteiger partial charge is 0.242 e. The molecule has 1 unspecified atom stereocenters. The SMILES string of the molecule is CC(NC(=O)Cn1ncc2ccccc21)c1cccc(-n2cccn2)c1. The molecule has 0 aliphatic rings. The van der Waals surface area contributed by atoms with Crippen molar-refractivity contribution in [2.45, 2.75) is 19.5 Å². The molecule has 1 atom stereocenters. The van der Waals surface area contributed by atoms with Crippen LogP contribution in [0.5, 0.6) is 0 Å². The average molecular weight is 345 g/mol. The summed E-state index contributed by atoms with van der Waals surface area (Å²) in [5.74, 6) is -0.0733. The molecule has 6 nitrogen and oxygen atoms in total. The summed E-state index contributed by atoms with van der Waals surface area (Å²) in [6.07, 6.45) is 5.41. The average Bonchev–Trinajstić information content (AvgIpc) is 3.32. The van der Waals surface area contributed by atoms with E-state index in [-0.39, 0.29) is 18.5 Å². The van der Waals surface area contributed by atoms with Crippen molar-refractivity contribution in [1.82, 2.24) is 24.9 Å². The summed E-state index contributed by atoms with van der Waals surface area (Å²) < 4.78 is 3.52. The Kier molecular flexibility index (Phi) is 4.23. The number of carbonyl (C=O) groups is 1. The zero-order valence-electron chi connectivity index (χ0n) is 14.4. The summed E-state index contributed by atoms with van der Waals surface area (Å²) in [6, 6.07) is 17.6. The van der Waals surface area contributed by atoms with Crippen molar-refractivity contribution in [3.63, 3.8) is 0 Å². The van der Waals surface area contributed by atoms with Gasteiger partial charge < -0.3 is 5.32 Å². The van der Waals surface area contributed by atoms with Crippen LogP contribution in [0.3, 0.4) is 0 Å². The van der Waals surface area contributed by atoms with Crippen molar-refractivity contribution in [2.24, 2.45) is 0 Å². The van der Waals surface area contributed by atoms with Gasteiger partial charge in [0.1, 0.15) is 6.54 Å². The number of hydrogen-bond acceptors (Lipinski definition) is 3. The molecule has 0 radical (unpaired) electrons. The lowest BCUT2D eigenvalue weighted by molar-refractivity contribution is -0.122. The van der Waals surface area contributed by atoms with E-state index in [9.17, 15) is 4.79 Å². The molecule has 2 aromatic carbocycles. The first kappa shape index (κ1) is 16.1. The third-order valence-electron chi connectivity index (χ3n) is 4.36. The maximum absolute atomic E-state index is 12.5. The second kappa shape index (κ2) is 6.84. The van der Waals surface area contributed by atoms with Crippen molar-refractivity contribution in [3.8, 4) is 5.69 Å². The van der Waals surface area contributed by atoms with E-state index >= 15 is 0 Å². The molecule has 0 bridgehead atoms. The van der Waals surface area contributed by atoms with E-state index in [2.05, 4.69) is 15.5 Å². The van der Waals surface area contributed by atoms with Crippen molar-refractivity contribution >= 4 is 16.8 Å². The highest BCUT2D eigenvalue weighted by molar-refractivity contribution is 5.82. The van der Waals surface area contributed by atoms with E-state index in [1.54, 1.807) is 21.8 Å². The molecule has 0 aliphatic carbocycles. The van der Waals surface area contributed by atoms with E-state index in [4.69, 9.17) is 0 Å². The lowest BCUT2D eigenvalue weighted by atomic mass is 10.1. The highest BCUT2D eigenvalue weighted by Crippen LogP contribution is 2.17. The molecule has 26 heavy (non-hydrogen) atoms. The molecular weight excluding hydrogens is 326 g/mol. The van der Waals surface area contributed by atoms with Crippen LogP contribution in [0.4, 0.5) is 0 Å². The molecule has 0 fully saturated rings. The summed E-state index contributed by atoms with van der Waals surface area (Å²) in [5, 5.41) is 12.6. The molecule has 0 saturated heterocycles. The van der Waals surface area contributed by atoms with Crippen LogP contribution in [-0.2, 0) is 11.3 Å². The lowest BCUT2D eigenvalue weighted by Crippen LogP contribution is -2.30. The van der Waals surface area contributed by atoms with Crippen LogP contribution in [0.15, 0.2) is 73.2 Å². The Bertz CT molecular complexity index is 1040. The topological polar surface area (TPSA) is 64.7 Å². The largest absolute Gasteiger partial charge is 0.348 e. The third kappa shape index (κ3) is 3.21. The zero-order chi connectivity index (χ0) is 17.9. The minimum atomic E-state index is -0.111.